The van der Waals surface area contributed by atoms with Gasteiger partial charge in [0.25, 0.3) is 5.56 Å². The molecular formula is C21H34Cl3N5O. The number of halogens is 3. The van der Waals surface area contributed by atoms with Gasteiger partial charge in [0.05, 0.1) is 5.69 Å². The van der Waals surface area contributed by atoms with Crippen LogP contribution in [0, 0.1) is 6.92 Å². The minimum Gasteiger partial charge on any atom is -0.315 e. The van der Waals surface area contributed by atoms with Crippen LogP contribution in [0.4, 0.5) is 0 Å². The molecule has 1 aliphatic carbocycles. The molecule has 6 nitrogen and oxygen atoms in total. The van der Waals surface area contributed by atoms with E-state index in [-0.39, 0.29) is 42.8 Å². The number of nitrogens with one attached hydrogen (secondary N) is 2. The average Bonchev–Trinajstić information content (AvgIpc) is 3.17. The molecule has 0 bridgehead atoms. The van der Waals surface area contributed by atoms with Gasteiger partial charge in [-0.2, -0.15) is 0 Å². The molecule has 0 atom stereocenters. The molecule has 0 spiro atoms. The van der Waals surface area contributed by atoms with Gasteiger partial charge < -0.3 is 10.6 Å². The zero-order chi connectivity index (χ0) is 18.6. The molecule has 0 unspecified atom stereocenters. The summed E-state index contributed by atoms with van der Waals surface area (Å²) in [5.41, 5.74) is 3.46. The predicted molar refractivity (Wildman–Crippen MR) is 132 cm³/mol. The van der Waals surface area contributed by atoms with Crippen molar-refractivity contribution >= 4 is 54.0 Å². The second-order valence-corrected chi connectivity index (χ2v) is 7.83. The highest BCUT2D eigenvalue weighted by Crippen LogP contribution is 2.18. The van der Waals surface area contributed by atoms with Crippen molar-refractivity contribution in [3.8, 4) is 0 Å². The Bertz CT molecular complexity index is 936. The van der Waals surface area contributed by atoms with Crippen LogP contribution in [0.25, 0.3) is 16.8 Å². The van der Waals surface area contributed by atoms with Crippen LogP contribution in [0.1, 0.15) is 50.6 Å². The lowest BCUT2D eigenvalue weighted by atomic mass is 9.95. The molecule has 170 valence electrons. The second kappa shape index (κ2) is 12.7. The number of rotatable bonds is 9. The standard InChI is InChI=1S/C21H31N5O.3ClH/c1-16-20-21(27)25(19-11-7-10-18(24-16)26(19)20)15-6-5-12-22-13-14-23-17-8-3-2-4-9-17;;;/h7,10-11,17,22-23H,2-6,8-9,12-15H2,1H3;3*1H. The molecular weight excluding hydrogens is 445 g/mol. The Balaban J connectivity index is 0.00000150. The molecule has 3 aromatic rings. The van der Waals surface area contributed by atoms with Crippen molar-refractivity contribution in [1.29, 1.82) is 0 Å². The van der Waals surface area contributed by atoms with Gasteiger partial charge in [0, 0.05) is 25.7 Å². The van der Waals surface area contributed by atoms with Gasteiger partial charge in [-0.1, -0.05) is 25.3 Å². The number of aromatic nitrogens is 3. The van der Waals surface area contributed by atoms with Gasteiger partial charge in [0.2, 0.25) is 0 Å². The van der Waals surface area contributed by atoms with E-state index in [2.05, 4.69) is 15.6 Å². The van der Waals surface area contributed by atoms with Crippen LogP contribution in [-0.2, 0) is 6.54 Å². The van der Waals surface area contributed by atoms with Crippen molar-refractivity contribution in [1.82, 2.24) is 24.6 Å². The number of pyridine rings is 1. The maximum atomic E-state index is 12.8. The van der Waals surface area contributed by atoms with Crippen molar-refractivity contribution in [3.05, 3.63) is 34.2 Å². The first kappa shape index (κ1) is 27.0. The second-order valence-electron chi connectivity index (χ2n) is 7.83. The Kier molecular flexibility index (Phi) is 11.4. The van der Waals surface area contributed by atoms with Gasteiger partial charge in [0.15, 0.2) is 0 Å². The third-order valence-corrected chi connectivity index (χ3v) is 5.85. The van der Waals surface area contributed by atoms with Crippen molar-refractivity contribution in [2.24, 2.45) is 0 Å². The van der Waals surface area contributed by atoms with E-state index in [1.54, 1.807) is 0 Å². The summed E-state index contributed by atoms with van der Waals surface area (Å²) in [6.07, 6.45) is 8.94. The van der Waals surface area contributed by atoms with E-state index < -0.39 is 0 Å². The Morgan fingerprint density at radius 1 is 1.03 bits per heavy atom. The molecule has 4 rings (SSSR count). The maximum absolute atomic E-state index is 12.8. The minimum absolute atomic E-state index is 0. The van der Waals surface area contributed by atoms with E-state index >= 15 is 0 Å². The lowest BCUT2D eigenvalue weighted by molar-refractivity contribution is 0.372. The van der Waals surface area contributed by atoms with Gasteiger partial charge in [0.1, 0.15) is 16.8 Å². The zero-order valence-electron chi connectivity index (χ0n) is 17.6. The first-order chi connectivity index (χ1) is 13.3. The fourth-order valence-corrected chi connectivity index (χ4v) is 4.41. The van der Waals surface area contributed by atoms with E-state index in [9.17, 15) is 4.79 Å². The Labute approximate surface area is 196 Å². The normalized spacial score (nSPS) is 14.4. The van der Waals surface area contributed by atoms with Crippen LogP contribution >= 0.6 is 37.2 Å². The fraction of sp³-hybridized carbons (Fsp3) is 0.619. The largest absolute Gasteiger partial charge is 0.315 e. The third kappa shape index (κ3) is 5.80. The number of unbranched alkanes of at least 4 members (excludes halogenated alkanes) is 1. The number of imidazole rings is 2. The summed E-state index contributed by atoms with van der Waals surface area (Å²) in [5, 5.41) is 7.18. The maximum Gasteiger partial charge on any atom is 0.278 e. The van der Waals surface area contributed by atoms with Gasteiger partial charge in [-0.25, -0.2) is 4.98 Å². The molecule has 0 radical (unpaired) electrons. The van der Waals surface area contributed by atoms with Crippen LogP contribution in [0.5, 0.6) is 0 Å². The van der Waals surface area contributed by atoms with Crippen LogP contribution < -0.4 is 16.2 Å². The predicted octanol–water partition coefficient (Wildman–Crippen LogP) is 3.95. The molecule has 0 amide bonds. The lowest BCUT2D eigenvalue weighted by Gasteiger charge is -2.22. The van der Waals surface area contributed by atoms with E-state index in [0.29, 0.717) is 0 Å². The van der Waals surface area contributed by atoms with Crippen LogP contribution in [-0.4, -0.2) is 39.6 Å². The Morgan fingerprint density at radius 2 is 1.80 bits per heavy atom. The van der Waals surface area contributed by atoms with E-state index in [1.807, 2.05) is 34.1 Å². The third-order valence-electron chi connectivity index (χ3n) is 5.85. The Morgan fingerprint density at radius 3 is 2.57 bits per heavy atom. The van der Waals surface area contributed by atoms with Crippen LogP contribution in [0.2, 0.25) is 0 Å². The summed E-state index contributed by atoms with van der Waals surface area (Å²) in [6.45, 7) is 5.76. The van der Waals surface area contributed by atoms with Gasteiger partial charge in [-0.05, 0) is 51.3 Å². The number of nitrogens with zero attached hydrogens (tertiary/aromatic N) is 3. The summed E-state index contributed by atoms with van der Waals surface area (Å²) in [6, 6.07) is 6.69. The molecule has 3 heterocycles. The lowest BCUT2D eigenvalue weighted by Crippen LogP contribution is -2.36. The van der Waals surface area contributed by atoms with Gasteiger partial charge in [-0.15, -0.1) is 37.2 Å². The molecule has 1 fully saturated rings. The van der Waals surface area contributed by atoms with E-state index in [0.717, 1.165) is 67.6 Å². The summed E-state index contributed by atoms with van der Waals surface area (Å²) in [4.78, 5) is 17.2. The SMILES string of the molecule is Cc1nc2cccc3n(CCCCNCCNC4CCCCC4)c(=O)c1n23.Cl.Cl.Cl. The number of hydrogen-bond donors (Lipinski definition) is 2. The zero-order valence-corrected chi connectivity index (χ0v) is 20.0. The molecule has 30 heavy (non-hydrogen) atoms. The quantitative estimate of drug-likeness (QED) is 0.457. The Hall–Kier alpha value is -1.05. The highest BCUT2D eigenvalue weighted by molar-refractivity contribution is 5.86. The summed E-state index contributed by atoms with van der Waals surface area (Å²) in [5.74, 6) is 0. The monoisotopic (exact) mass is 477 g/mol. The topological polar surface area (TPSA) is 63.4 Å². The number of aryl methyl sites for hydroxylation is 2. The van der Waals surface area contributed by atoms with Crippen molar-refractivity contribution < 1.29 is 0 Å². The first-order valence-corrected chi connectivity index (χ1v) is 10.5. The first-order valence-electron chi connectivity index (χ1n) is 10.5. The van der Waals surface area contributed by atoms with Crippen LogP contribution in [0.15, 0.2) is 23.0 Å². The molecule has 0 aromatic carbocycles. The van der Waals surface area contributed by atoms with Crippen molar-refractivity contribution in [3.63, 3.8) is 0 Å². The smallest absolute Gasteiger partial charge is 0.278 e. The molecule has 2 N–H and O–H groups in total. The van der Waals surface area contributed by atoms with Gasteiger partial charge in [-0.3, -0.25) is 13.8 Å². The number of hydrogen-bond acceptors (Lipinski definition) is 4. The van der Waals surface area contributed by atoms with Crippen LogP contribution in [0.3, 0.4) is 0 Å². The highest BCUT2D eigenvalue weighted by atomic mass is 35.5. The summed E-state index contributed by atoms with van der Waals surface area (Å²) in [7, 11) is 0. The fourth-order valence-electron chi connectivity index (χ4n) is 4.41. The van der Waals surface area contributed by atoms with Crippen molar-refractivity contribution in [2.75, 3.05) is 19.6 Å². The molecule has 9 heteroatoms. The van der Waals surface area contributed by atoms with E-state index in [1.165, 1.54) is 32.1 Å². The molecule has 0 aliphatic heterocycles. The molecule has 3 aromatic heterocycles. The summed E-state index contributed by atoms with van der Waals surface area (Å²) < 4.78 is 3.90. The van der Waals surface area contributed by atoms with Gasteiger partial charge >= 0.3 is 0 Å². The summed E-state index contributed by atoms with van der Waals surface area (Å²) >= 11 is 0. The van der Waals surface area contributed by atoms with Crippen molar-refractivity contribution in [2.45, 2.75) is 64.5 Å². The van der Waals surface area contributed by atoms with E-state index in [4.69, 9.17) is 0 Å². The highest BCUT2D eigenvalue weighted by Gasteiger charge is 2.17. The minimum atomic E-state index is 0. The molecule has 1 aliphatic rings. The average molecular weight is 479 g/mol. The molecule has 1 saturated carbocycles. The molecule has 0 saturated heterocycles.